The molecule has 0 radical (unpaired) electrons. The molecule has 0 heteroatoms. The van der Waals surface area contributed by atoms with Crippen LogP contribution in [0.1, 0.15) is 64.7 Å². The van der Waals surface area contributed by atoms with Crippen LogP contribution in [0.25, 0.3) is 0 Å². The molecule has 21 heavy (non-hydrogen) atoms. The van der Waals surface area contributed by atoms with Gasteiger partial charge in [0.1, 0.15) is 0 Å². The van der Waals surface area contributed by atoms with Crippen LogP contribution in [0.15, 0.2) is 42.5 Å². The van der Waals surface area contributed by atoms with E-state index in [-0.39, 0.29) is 10.8 Å². The van der Waals surface area contributed by atoms with Gasteiger partial charge in [-0.3, -0.25) is 0 Å². The smallest absolute Gasteiger partial charge is 0.00612 e. The topological polar surface area (TPSA) is 0 Å². The molecule has 0 atom stereocenters. The monoisotopic (exact) mass is 284 g/mol. The summed E-state index contributed by atoms with van der Waals surface area (Å²) in [4.78, 5) is 0. The average Bonchev–Trinajstić information content (AvgIpc) is 2.25. The van der Waals surface area contributed by atoms with Gasteiger partial charge in [0.05, 0.1) is 0 Å². The van der Waals surface area contributed by atoms with Gasteiger partial charge in [0.2, 0.25) is 0 Å². The minimum absolute atomic E-state index is 0.116. The molecule has 1 aromatic carbocycles. The molecule has 0 unspecified atom stereocenters. The number of rotatable bonds is 5. The number of hydrogen-bond acceptors (Lipinski definition) is 0. The third kappa shape index (κ3) is 4.59. The second-order valence-electron chi connectivity index (χ2n) is 8.16. The molecule has 0 bridgehead atoms. The number of benzene rings is 1. The van der Waals surface area contributed by atoms with Crippen LogP contribution < -0.4 is 0 Å². The third-order valence-corrected chi connectivity index (χ3v) is 4.24. The molecule has 0 aliphatic carbocycles. The summed E-state index contributed by atoms with van der Waals surface area (Å²) in [6.45, 7) is 24.1. The van der Waals surface area contributed by atoms with Crippen molar-refractivity contribution in [2.24, 2.45) is 5.41 Å². The summed E-state index contributed by atoms with van der Waals surface area (Å²) in [7, 11) is 0. The third-order valence-electron chi connectivity index (χ3n) is 4.24. The van der Waals surface area contributed by atoms with Crippen LogP contribution in [-0.2, 0) is 11.8 Å². The molecule has 1 aromatic rings. The molecule has 116 valence electrons. The van der Waals surface area contributed by atoms with Crippen LogP contribution in [0.3, 0.4) is 0 Å². The fraction of sp³-hybridized carbons (Fsp3) is 0.524. The number of aryl methyl sites for hydroxylation is 1. The highest BCUT2D eigenvalue weighted by Crippen LogP contribution is 2.37. The zero-order chi connectivity index (χ0) is 16.4. The molecular weight excluding hydrogens is 252 g/mol. The van der Waals surface area contributed by atoms with Gasteiger partial charge in [-0.05, 0) is 54.2 Å². The minimum atomic E-state index is 0.116. The van der Waals surface area contributed by atoms with E-state index in [4.69, 9.17) is 0 Å². The Labute approximate surface area is 132 Å². The maximum absolute atomic E-state index is 4.32. The summed E-state index contributed by atoms with van der Waals surface area (Å²) in [5.74, 6) is 0. The van der Waals surface area contributed by atoms with Crippen LogP contribution in [0.4, 0.5) is 0 Å². The van der Waals surface area contributed by atoms with Crippen molar-refractivity contribution in [2.45, 2.75) is 66.7 Å². The van der Waals surface area contributed by atoms with E-state index in [1.54, 1.807) is 0 Å². The first-order valence-electron chi connectivity index (χ1n) is 7.87. The molecule has 0 nitrogen and oxygen atoms in total. The van der Waals surface area contributed by atoms with Crippen molar-refractivity contribution in [3.63, 3.8) is 0 Å². The zero-order valence-electron chi connectivity index (χ0n) is 15.1. The van der Waals surface area contributed by atoms with E-state index in [1.807, 2.05) is 0 Å². The largest absolute Gasteiger partial charge is 0.100 e. The van der Waals surface area contributed by atoms with E-state index in [9.17, 15) is 0 Å². The fourth-order valence-corrected chi connectivity index (χ4v) is 3.18. The second kappa shape index (κ2) is 6.22. The van der Waals surface area contributed by atoms with E-state index in [0.29, 0.717) is 0 Å². The quantitative estimate of drug-likeness (QED) is 0.550. The van der Waals surface area contributed by atoms with Crippen LogP contribution in [0, 0.1) is 12.3 Å². The van der Waals surface area contributed by atoms with Crippen LogP contribution in [-0.4, -0.2) is 0 Å². The Balaban J connectivity index is 3.27. The maximum atomic E-state index is 4.32. The van der Waals surface area contributed by atoms with E-state index in [1.165, 1.54) is 27.8 Å². The van der Waals surface area contributed by atoms with E-state index >= 15 is 0 Å². The van der Waals surface area contributed by atoms with Crippen LogP contribution in [0.5, 0.6) is 0 Å². The highest BCUT2D eigenvalue weighted by molar-refractivity contribution is 5.42. The van der Waals surface area contributed by atoms with Gasteiger partial charge < -0.3 is 0 Å². The van der Waals surface area contributed by atoms with Crippen molar-refractivity contribution < 1.29 is 0 Å². The molecule has 0 aromatic heterocycles. The summed E-state index contributed by atoms with van der Waals surface area (Å²) in [6, 6.07) is 6.65. The van der Waals surface area contributed by atoms with Gasteiger partial charge in [0.25, 0.3) is 0 Å². The number of allylic oxidation sites excluding steroid dienone is 2. The lowest BCUT2D eigenvalue weighted by atomic mass is 9.73. The van der Waals surface area contributed by atoms with Gasteiger partial charge in [0, 0.05) is 0 Å². The van der Waals surface area contributed by atoms with Gasteiger partial charge in [0.15, 0.2) is 0 Å². The van der Waals surface area contributed by atoms with E-state index in [2.05, 4.69) is 79.8 Å². The van der Waals surface area contributed by atoms with Gasteiger partial charge >= 0.3 is 0 Å². The van der Waals surface area contributed by atoms with Crippen molar-refractivity contribution in [2.75, 3.05) is 0 Å². The second-order valence-corrected chi connectivity index (χ2v) is 8.16. The van der Waals surface area contributed by atoms with E-state index < -0.39 is 0 Å². The van der Waals surface area contributed by atoms with Gasteiger partial charge in [-0.25, -0.2) is 0 Å². The van der Waals surface area contributed by atoms with Crippen LogP contribution in [0.2, 0.25) is 0 Å². The molecule has 0 fully saturated rings. The first-order valence-corrected chi connectivity index (χ1v) is 7.87. The van der Waals surface area contributed by atoms with Crippen molar-refractivity contribution >= 4 is 0 Å². The van der Waals surface area contributed by atoms with Crippen LogP contribution >= 0.6 is 0 Å². The fourth-order valence-electron chi connectivity index (χ4n) is 3.18. The Kier molecular flexibility index (Phi) is 5.25. The van der Waals surface area contributed by atoms with E-state index in [0.717, 1.165) is 12.8 Å². The van der Waals surface area contributed by atoms with Gasteiger partial charge in [-0.15, -0.1) is 6.58 Å². The lowest BCUT2D eigenvalue weighted by Gasteiger charge is -2.32. The summed E-state index contributed by atoms with van der Waals surface area (Å²) in [5, 5.41) is 0. The Morgan fingerprint density at radius 1 is 1.05 bits per heavy atom. The summed E-state index contributed by atoms with van der Waals surface area (Å²) in [5.41, 5.74) is 7.06. The summed E-state index contributed by atoms with van der Waals surface area (Å²) >= 11 is 0. The molecule has 0 spiro atoms. The van der Waals surface area contributed by atoms with Gasteiger partial charge in [-0.2, -0.15) is 0 Å². The highest BCUT2D eigenvalue weighted by atomic mass is 14.3. The first-order chi connectivity index (χ1) is 9.45. The lowest BCUT2D eigenvalue weighted by Crippen LogP contribution is -2.22. The predicted octanol–water partition coefficient (Wildman–Crippen LogP) is 6.38. The average molecular weight is 284 g/mol. The molecule has 0 saturated carbocycles. The molecular formula is C21H32. The molecule has 0 amide bonds. The standard InChI is InChI=1S/C21H32/c1-15(2)14-21(8,9)19-16(3)11-10-12-18(19)13-17(4)20(5,6)7/h10-12H,1,4,13-14H2,2-3,5-9H3. The Bertz CT molecular complexity index is 536. The molecule has 0 N–H and O–H groups in total. The Morgan fingerprint density at radius 3 is 2.10 bits per heavy atom. The number of hydrogen-bond donors (Lipinski definition) is 0. The lowest BCUT2D eigenvalue weighted by molar-refractivity contribution is 0.485. The van der Waals surface area contributed by atoms with Gasteiger partial charge in [-0.1, -0.05) is 70.5 Å². The predicted molar refractivity (Wildman–Crippen MR) is 95.9 cm³/mol. The molecule has 0 aliphatic rings. The van der Waals surface area contributed by atoms with Crippen molar-refractivity contribution in [3.05, 3.63) is 59.2 Å². The summed E-state index contributed by atoms with van der Waals surface area (Å²) in [6.07, 6.45) is 1.98. The van der Waals surface area contributed by atoms with Crippen molar-refractivity contribution in [1.82, 2.24) is 0 Å². The molecule has 1 rings (SSSR count). The van der Waals surface area contributed by atoms with Crippen molar-refractivity contribution in [3.8, 4) is 0 Å². The Hall–Kier alpha value is -1.30. The normalized spacial score (nSPS) is 12.3. The highest BCUT2D eigenvalue weighted by Gasteiger charge is 2.26. The first kappa shape index (κ1) is 17.8. The SMILES string of the molecule is C=C(C)CC(C)(C)c1c(C)cccc1CC(=C)C(C)(C)C. The molecule has 0 saturated heterocycles. The molecule has 0 heterocycles. The summed E-state index contributed by atoms with van der Waals surface area (Å²) < 4.78 is 0. The minimum Gasteiger partial charge on any atom is -0.100 e. The molecule has 0 aliphatic heterocycles. The Morgan fingerprint density at radius 2 is 1.62 bits per heavy atom. The zero-order valence-corrected chi connectivity index (χ0v) is 15.1. The van der Waals surface area contributed by atoms with Crippen molar-refractivity contribution in [1.29, 1.82) is 0 Å². The maximum Gasteiger partial charge on any atom is -0.00612 e.